The third-order valence-electron chi connectivity index (χ3n) is 3.19. The van der Waals surface area contributed by atoms with Crippen molar-refractivity contribution in [1.82, 2.24) is 19.7 Å². The van der Waals surface area contributed by atoms with Gasteiger partial charge in [-0.3, -0.25) is 0 Å². The maximum atomic E-state index is 9.99. The first kappa shape index (κ1) is 12.7. The van der Waals surface area contributed by atoms with E-state index >= 15 is 0 Å². The van der Waals surface area contributed by atoms with Crippen molar-refractivity contribution in [2.75, 3.05) is 5.73 Å². The summed E-state index contributed by atoms with van der Waals surface area (Å²) in [5, 5.41) is 24.5. The number of aliphatic hydroxyl groups excluding tert-OH is 2. The molecule has 19 heavy (non-hydrogen) atoms. The Bertz CT molecular complexity index is 633. The lowest BCUT2D eigenvalue weighted by atomic mass is 10.1. The number of aliphatic hydroxyl groups is 2. The van der Waals surface area contributed by atoms with Crippen LogP contribution in [0.3, 0.4) is 0 Å². The number of fused-ring (bicyclic) bond motifs is 1. The van der Waals surface area contributed by atoms with E-state index in [4.69, 9.17) is 10.5 Å². The molecule has 2 aromatic heterocycles. The molecule has 0 aromatic carbocycles. The number of aromatic nitrogens is 4. The largest absolute Gasteiger partial charge is 0.388 e. The molecule has 8 nitrogen and oxygen atoms in total. The van der Waals surface area contributed by atoms with Crippen LogP contribution in [0.2, 0.25) is 0 Å². The van der Waals surface area contributed by atoms with Gasteiger partial charge in [0, 0.05) is 0 Å². The summed E-state index contributed by atoms with van der Waals surface area (Å²) in [6.07, 6.45) is -2.04. The summed E-state index contributed by atoms with van der Waals surface area (Å²) < 4.78 is 7.37. The second-order valence-electron chi connectivity index (χ2n) is 4.41. The maximum absolute atomic E-state index is 9.99. The number of anilines is 1. The smallest absolute Gasteiger partial charge is 0.181 e. The van der Waals surface area contributed by atoms with Gasteiger partial charge in [0.2, 0.25) is 0 Å². The molecule has 0 unspecified atom stereocenters. The van der Waals surface area contributed by atoms with Gasteiger partial charge < -0.3 is 20.7 Å². The van der Waals surface area contributed by atoms with Crippen LogP contribution in [-0.2, 0) is 4.74 Å². The van der Waals surface area contributed by atoms with Gasteiger partial charge in [-0.1, -0.05) is 0 Å². The number of rotatable bonds is 1. The molecule has 0 spiro atoms. The molecule has 102 valence electrons. The first-order valence-electron chi connectivity index (χ1n) is 5.66. The van der Waals surface area contributed by atoms with Crippen LogP contribution in [-0.4, -0.2) is 48.3 Å². The predicted molar refractivity (Wildman–Crippen MR) is 69.0 cm³/mol. The van der Waals surface area contributed by atoms with Crippen LogP contribution in [0.4, 0.5) is 5.82 Å². The molecule has 9 heteroatoms. The molecule has 4 atom stereocenters. The van der Waals surface area contributed by atoms with Gasteiger partial charge >= 0.3 is 0 Å². The molecule has 0 saturated carbocycles. The standard InChI is InChI=1S/C10H12BrN5O3/c1-3-5(17)6(18)10(19-3)16-9-4(7(11)15-16)8(12)13-2-14-9/h2-3,5-6,10,17-18H,1H3,(H2,12,13,14)/t3-,5+,6+,10-/m1/s1. The molecule has 3 heterocycles. The van der Waals surface area contributed by atoms with Gasteiger partial charge in [-0.05, 0) is 22.9 Å². The molecule has 4 N–H and O–H groups in total. The van der Waals surface area contributed by atoms with Crippen LogP contribution in [0, 0.1) is 0 Å². The third kappa shape index (κ3) is 1.81. The third-order valence-corrected chi connectivity index (χ3v) is 3.75. The fraction of sp³-hybridized carbons (Fsp3) is 0.500. The quantitative estimate of drug-likeness (QED) is 0.663. The highest BCUT2D eigenvalue weighted by atomic mass is 79.9. The average molecular weight is 330 g/mol. The second-order valence-corrected chi connectivity index (χ2v) is 5.16. The first-order chi connectivity index (χ1) is 9.00. The van der Waals surface area contributed by atoms with Crippen LogP contribution in [0.1, 0.15) is 13.2 Å². The predicted octanol–water partition coefficient (Wildman–Crippen LogP) is -0.190. The number of nitrogens with two attached hydrogens (primary N) is 1. The minimum Gasteiger partial charge on any atom is -0.388 e. The minimum absolute atomic E-state index is 0.282. The summed E-state index contributed by atoms with van der Waals surface area (Å²) in [5.41, 5.74) is 6.21. The molecule has 1 fully saturated rings. The van der Waals surface area contributed by atoms with Crippen molar-refractivity contribution >= 4 is 32.8 Å². The van der Waals surface area contributed by atoms with Crippen LogP contribution >= 0.6 is 15.9 Å². The molecule has 1 saturated heterocycles. The molecule has 1 aliphatic heterocycles. The van der Waals surface area contributed by atoms with Gasteiger partial charge in [0.15, 0.2) is 11.9 Å². The van der Waals surface area contributed by atoms with E-state index in [-0.39, 0.29) is 5.82 Å². The van der Waals surface area contributed by atoms with Gasteiger partial charge in [0.1, 0.15) is 29.0 Å². The van der Waals surface area contributed by atoms with E-state index in [0.717, 1.165) is 0 Å². The Hall–Kier alpha value is -1.29. The number of hydrogen-bond acceptors (Lipinski definition) is 7. The lowest BCUT2D eigenvalue weighted by Crippen LogP contribution is -2.30. The van der Waals surface area contributed by atoms with Crippen molar-refractivity contribution in [1.29, 1.82) is 0 Å². The number of ether oxygens (including phenoxy) is 1. The Balaban J connectivity index is 2.14. The number of halogens is 1. The van der Waals surface area contributed by atoms with Crippen LogP contribution in [0.15, 0.2) is 10.9 Å². The minimum atomic E-state index is -1.08. The van der Waals surface area contributed by atoms with E-state index in [1.807, 2.05) is 0 Å². The Labute approximate surface area is 116 Å². The van der Waals surface area contributed by atoms with Crippen molar-refractivity contribution in [2.45, 2.75) is 31.5 Å². The van der Waals surface area contributed by atoms with E-state index in [1.165, 1.54) is 11.0 Å². The average Bonchev–Trinajstić information content (AvgIpc) is 2.83. The second kappa shape index (κ2) is 4.37. The zero-order chi connectivity index (χ0) is 13.7. The van der Waals surface area contributed by atoms with Gasteiger partial charge in [-0.15, -0.1) is 0 Å². The fourth-order valence-electron chi connectivity index (χ4n) is 2.16. The maximum Gasteiger partial charge on any atom is 0.181 e. The molecular formula is C10H12BrN5O3. The van der Waals surface area contributed by atoms with Gasteiger partial charge in [0.25, 0.3) is 0 Å². The van der Waals surface area contributed by atoms with Crippen LogP contribution in [0.25, 0.3) is 11.0 Å². The summed E-state index contributed by atoms with van der Waals surface area (Å²) in [6, 6.07) is 0. The van der Waals surface area contributed by atoms with Gasteiger partial charge in [-0.2, -0.15) is 5.10 Å². The van der Waals surface area contributed by atoms with Crippen LogP contribution < -0.4 is 5.73 Å². The molecule has 0 amide bonds. The van der Waals surface area contributed by atoms with Crippen molar-refractivity contribution in [2.24, 2.45) is 0 Å². The van der Waals surface area contributed by atoms with E-state index < -0.39 is 24.5 Å². The Morgan fingerprint density at radius 2 is 2.11 bits per heavy atom. The summed E-state index contributed by atoms with van der Waals surface area (Å²) >= 11 is 3.27. The lowest BCUT2D eigenvalue weighted by molar-refractivity contribution is -0.0373. The topological polar surface area (TPSA) is 119 Å². The number of nitrogen functional groups attached to an aromatic ring is 1. The van der Waals surface area contributed by atoms with E-state index in [1.54, 1.807) is 6.92 Å². The highest BCUT2D eigenvalue weighted by Crippen LogP contribution is 2.34. The van der Waals surface area contributed by atoms with Crippen LogP contribution in [0.5, 0.6) is 0 Å². The summed E-state index contributed by atoms with van der Waals surface area (Å²) in [5.74, 6) is 0.282. The lowest BCUT2D eigenvalue weighted by Gasteiger charge is -2.15. The van der Waals surface area contributed by atoms with Crippen molar-refractivity contribution in [3.05, 3.63) is 10.9 Å². The van der Waals surface area contributed by atoms with Gasteiger partial charge in [-0.25, -0.2) is 14.6 Å². The summed E-state index contributed by atoms with van der Waals surface area (Å²) in [4.78, 5) is 7.99. The van der Waals surface area contributed by atoms with E-state index in [9.17, 15) is 10.2 Å². The van der Waals surface area contributed by atoms with Crippen molar-refractivity contribution < 1.29 is 14.9 Å². The molecular weight excluding hydrogens is 318 g/mol. The molecule has 0 bridgehead atoms. The highest BCUT2D eigenvalue weighted by Gasteiger charge is 2.42. The summed E-state index contributed by atoms with van der Waals surface area (Å²) in [6.45, 7) is 1.68. The Kier molecular flexibility index (Phi) is 2.93. The monoisotopic (exact) mass is 329 g/mol. The fourth-order valence-corrected chi connectivity index (χ4v) is 2.71. The zero-order valence-electron chi connectivity index (χ0n) is 9.93. The molecule has 2 aromatic rings. The Morgan fingerprint density at radius 3 is 2.74 bits per heavy atom. The highest BCUT2D eigenvalue weighted by molar-refractivity contribution is 9.10. The van der Waals surface area contributed by atoms with E-state index in [0.29, 0.717) is 15.6 Å². The summed E-state index contributed by atoms with van der Waals surface area (Å²) in [7, 11) is 0. The van der Waals surface area contributed by atoms with Crippen molar-refractivity contribution in [3.8, 4) is 0 Å². The number of hydrogen-bond donors (Lipinski definition) is 3. The Morgan fingerprint density at radius 1 is 1.37 bits per heavy atom. The zero-order valence-corrected chi connectivity index (χ0v) is 11.5. The molecule has 1 aliphatic rings. The van der Waals surface area contributed by atoms with Gasteiger partial charge in [0.05, 0.1) is 11.5 Å². The normalized spacial score (nSPS) is 31.2. The molecule has 3 rings (SSSR count). The van der Waals surface area contributed by atoms with Crippen molar-refractivity contribution in [3.63, 3.8) is 0 Å². The molecule has 0 radical (unpaired) electrons. The molecule has 0 aliphatic carbocycles. The SMILES string of the molecule is C[C@H]1O[C@@H](n2nc(Br)c3c(N)ncnc32)[C@@H](O)[C@H]1O. The first-order valence-corrected chi connectivity index (χ1v) is 6.45. The number of nitrogens with zero attached hydrogens (tertiary/aromatic N) is 4. The van der Waals surface area contributed by atoms with E-state index in [2.05, 4.69) is 31.0 Å².